The molecule has 2 aromatic carbocycles. The third-order valence-electron chi connectivity index (χ3n) is 4.40. The Kier molecular flexibility index (Phi) is 5.43. The van der Waals surface area contributed by atoms with E-state index in [-0.39, 0.29) is 18.0 Å². The van der Waals surface area contributed by atoms with Crippen LogP contribution in [-0.4, -0.2) is 22.3 Å². The summed E-state index contributed by atoms with van der Waals surface area (Å²) in [5.41, 5.74) is 2.85. The number of nitrogens with one attached hydrogen (secondary N) is 1. The molecule has 0 fully saturated rings. The van der Waals surface area contributed by atoms with E-state index in [4.69, 9.17) is 11.6 Å². The summed E-state index contributed by atoms with van der Waals surface area (Å²) in [6.07, 6.45) is 0.809. The van der Waals surface area contributed by atoms with Gasteiger partial charge in [0.2, 0.25) is 0 Å². The number of benzene rings is 2. The Morgan fingerprint density at radius 1 is 1.15 bits per heavy atom. The quantitative estimate of drug-likeness (QED) is 0.718. The van der Waals surface area contributed by atoms with E-state index in [1.54, 1.807) is 29.2 Å². The van der Waals surface area contributed by atoms with E-state index in [0.29, 0.717) is 22.7 Å². The van der Waals surface area contributed by atoms with Crippen molar-refractivity contribution in [3.05, 3.63) is 80.6 Å². The number of carbonyl (C=O) groups is 1. The van der Waals surface area contributed by atoms with Crippen LogP contribution in [0, 0.1) is 6.92 Å². The van der Waals surface area contributed by atoms with Crippen LogP contribution < -0.4 is 5.56 Å². The lowest BCUT2D eigenvalue weighted by atomic mass is 10.1. The number of aromatic amines is 1. The first-order chi connectivity index (χ1) is 12.5. The smallest absolute Gasteiger partial charge is 0.254 e. The lowest BCUT2D eigenvalue weighted by molar-refractivity contribution is 0.0742. The number of hydrogen-bond acceptors (Lipinski definition) is 2. The standard InChI is InChI=1S/C21H21ClN2O2/c1-3-11-24(21(26)15-7-9-18(22)10-8-15)13-17-12-16-6-4-5-14(2)19(16)23-20(17)25/h4-10,12H,3,11,13H2,1-2H3,(H,23,25). The fourth-order valence-corrected chi connectivity index (χ4v) is 3.17. The number of amides is 1. The Bertz CT molecular complexity index is 993. The molecule has 0 atom stereocenters. The molecule has 0 bridgehead atoms. The molecule has 26 heavy (non-hydrogen) atoms. The number of para-hydroxylation sites is 1. The van der Waals surface area contributed by atoms with E-state index in [1.165, 1.54) is 0 Å². The highest BCUT2D eigenvalue weighted by atomic mass is 35.5. The summed E-state index contributed by atoms with van der Waals surface area (Å²) in [4.78, 5) is 30.0. The Morgan fingerprint density at radius 3 is 2.58 bits per heavy atom. The Balaban J connectivity index is 1.94. The number of fused-ring (bicyclic) bond motifs is 1. The Morgan fingerprint density at radius 2 is 1.88 bits per heavy atom. The summed E-state index contributed by atoms with van der Waals surface area (Å²) in [5, 5.41) is 1.56. The first-order valence-corrected chi connectivity index (χ1v) is 9.03. The number of aromatic nitrogens is 1. The van der Waals surface area contributed by atoms with Crippen molar-refractivity contribution in [2.75, 3.05) is 6.54 Å². The maximum absolute atomic E-state index is 12.9. The number of nitrogens with zero attached hydrogens (tertiary/aromatic N) is 1. The highest BCUT2D eigenvalue weighted by Crippen LogP contribution is 2.17. The largest absolute Gasteiger partial charge is 0.334 e. The van der Waals surface area contributed by atoms with Gasteiger partial charge in [0.05, 0.1) is 12.1 Å². The third kappa shape index (κ3) is 3.81. The van der Waals surface area contributed by atoms with Gasteiger partial charge >= 0.3 is 0 Å². The second-order valence-corrected chi connectivity index (χ2v) is 6.83. The van der Waals surface area contributed by atoms with E-state index in [0.717, 1.165) is 22.9 Å². The van der Waals surface area contributed by atoms with Crippen LogP contribution in [0.4, 0.5) is 0 Å². The van der Waals surface area contributed by atoms with Crippen LogP contribution in [0.2, 0.25) is 5.02 Å². The fraction of sp³-hybridized carbons (Fsp3) is 0.238. The van der Waals surface area contributed by atoms with Gasteiger partial charge in [-0.2, -0.15) is 0 Å². The Labute approximate surface area is 157 Å². The highest BCUT2D eigenvalue weighted by molar-refractivity contribution is 6.30. The van der Waals surface area contributed by atoms with Crippen molar-refractivity contribution in [3.8, 4) is 0 Å². The predicted octanol–water partition coefficient (Wildman–Crippen LogP) is 4.54. The molecule has 0 saturated heterocycles. The normalized spacial score (nSPS) is 10.9. The zero-order valence-corrected chi connectivity index (χ0v) is 15.6. The molecule has 0 spiro atoms. The first-order valence-electron chi connectivity index (χ1n) is 8.66. The molecule has 0 aliphatic rings. The van der Waals surface area contributed by atoms with Crippen LogP contribution in [0.5, 0.6) is 0 Å². The lowest BCUT2D eigenvalue weighted by Gasteiger charge is -2.22. The zero-order valence-electron chi connectivity index (χ0n) is 14.9. The van der Waals surface area contributed by atoms with E-state index in [1.807, 2.05) is 38.1 Å². The van der Waals surface area contributed by atoms with E-state index in [2.05, 4.69) is 4.98 Å². The number of H-pyrrole nitrogens is 1. The van der Waals surface area contributed by atoms with Crippen molar-refractivity contribution in [2.24, 2.45) is 0 Å². The van der Waals surface area contributed by atoms with Crippen LogP contribution >= 0.6 is 11.6 Å². The van der Waals surface area contributed by atoms with Gasteiger partial charge in [-0.15, -0.1) is 0 Å². The molecule has 0 aliphatic heterocycles. The number of carbonyl (C=O) groups excluding carboxylic acids is 1. The molecule has 0 radical (unpaired) electrons. The monoisotopic (exact) mass is 368 g/mol. The molecule has 0 saturated carbocycles. The second kappa shape index (κ2) is 7.75. The minimum absolute atomic E-state index is 0.104. The maximum Gasteiger partial charge on any atom is 0.254 e. The van der Waals surface area contributed by atoms with Gasteiger partial charge in [-0.25, -0.2) is 0 Å². The lowest BCUT2D eigenvalue weighted by Crippen LogP contribution is -2.33. The van der Waals surface area contributed by atoms with Crippen LogP contribution in [-0.2, 0) is 6.54 Å². The van der Waals surface area contributed by atoms with Crippen molar-refractivity contribution in [1.82, 2.24) is 9.88 Å². The highest BCUT2D eigenvalue weighted by Gasteiger charge is 2.17. The van der Waals surface area contributed by atoms with Crippen molar-refractivity contribution < 1.29 is 4.79 Å². The van der Waals surface area contributed by atoms with Gasteiger partial charge < -0.3 is 9.88 Å². The number of pyridine rings is 1. The van der Waals surface area contributed by atoms with Gasteiger partial charge in [0.1, 0.15) is 0 Å². The number of rotatable bonds is 5. The maximum atomic E-state index is 12.9. The number of halogens is 1. The molecule has 5 heteroatoms. The summed E-state index contributed by atoms with van der Waals surface area (Å²) in [6, 6.07) is 14.6. The molecule has 0 aliphatic carbocycles. The topological polar surface area (TPSA) is 53.2 Å². The van der Waals surface area contributed by atoms with Crippen LogP contribution in [0.25, 0.3) is 10.9 Å². The average molecular weight is 369 g/mol. The molecule has 3 aromatic rings. The molecule has 0 unspecified atom stereocenters. The molecule has 4 nitrogen and oxygen atoms in total. The minimum Gasteiger partial charge on any atom is -0.334 e. The van der Waals surface area contributed by atoms with Crippen molar-refractivity contribution in [2.45, 2.75) is 26.8 Å². The van der Waals surface area contributed by atoms with Gasteiger partial charge in [-0.1, -0.05) is 36.7 Å². The van der Waals surface area contributed by atoms with Crippen LogP contribution in [0.15, 0.2) is 53.3 Å². The van der Waals surface area contributed by atoms with Crippen molar-refractivity contribution >= 4 is 28.4 Å². The minimum atomic E-state index is -0.156. The fourth-order valence-electron chi connectivity index (χ4n) is 3.05. The molecule has 1 heterocycles. The van der Waals surface area contributed by atoms with E-state index in [9.17, 15) is 9.59 Å². The second-order valence-electron chi connectivity index (χ2n) is 6.40. The van der Waals surface area contributed by atoms with E-state index >= 15 is 0 Å². The average Bonchev–Trinajstić information content (AvgIpc) is 2.63. The molecule has 1 N–H and O–H groups in total. The molecule has 134 valence electrons. The number of aryl methyl sites for hydroxylation is 1. The van der Waals surface area contributed by atoms with E-state index < -0.39 is 0 Å². The van der Waals surface area contributed by atoms with Gasteiger partial charge in [0, 0.05) is 22.7 Å². The van der Waals surface area contributed by atoms with Gasteiger partial charge in [-0.3, -0.25) is 9.59 Å². The summed E-state index contributed by atoms with van der Waals surface area (Å²) in [5.74, 6) is -0.104. The Hall–Kier alpha value is -2.59. The summed E-state index contributed by atoms with van der Waals surface area (Å²) in [7, 11) is 0. The molecule has 1 aromatic heterocycles. The SMILES string of the molecule is CCCN(Cc1cc2cccc(C)c2[nH]c1=O)C(=O)c1ccc(Cl)cc1. The summed E-state index contributed by atoms with van der Waals surface area (Å²) >= 11 is 5.91. The summed E-state index contributed by atoms with van der Waals surface area (Å²) < 4.78 is 0. The molecular formula is C21H21ClN2O2. The predicted molar refractivity (Wildman–Crippen MR) is 106 cm³/mol. The van der Waals surface area contributed by atoms with Gasteiger partial charge in [0.25, 0.3) is 11.5 Å². The zero-order chi connectivity index (χ0) is 18.7. The van der Waals surface area contributed by atoms with Crippen molar-refractivity contribution in [3.63, 3.8) is 0 Å². The number of hydrogen-bond donors (Lipinski definition) is 1. The molecular weight excluding hydrogens is 348 g/mol. The molecule has 3 rings (SSSR count). The van der Waals surface area contributed by atoms with Gasteiger partial charge in [-0.05, 0) is 54.6 Å². The third-order valence-corrected chi connectivity index (χ3v) is 4.65. The first kappa shape index (κ1) is 18.2. The van der Waals surface area contributed by atoms with Gasteiger partial charge in [0.15, 0.2) is 0 Å². The molecule has 1 amide bonds. The van der Waals surface area contributed by atoms with Crippen LogP contribution in [0.1, 0.15) is 34.8 Å². The summed E-state index contributed by atoms with van der Waals surface area (Å²) in [6.45, 7) is 4.82. The van der Waals surface area contributed by atoms with Crippen molar-refractivity contribution in [1.29, 1.82) is 0 Å². The van der Waals surface area contributed by atoms with Crippen LogP contribution in [0.3, 0.4) is 0 Å².